The summed E-state index contributed by atoms with van der Waals surface area (Å²) in [5.41, 5.74) is 1.60. The number of hydrogen-bond acceptors (Lipinski definition) is 4. The van der Waals surface area contributed by atoms with Gasteiger partial charge in [-0.1, -0.05) is 19.1 Å². The molecule has 2 atom stereocenters. The topological polar surface area (TPSA) is 55.3 Å². The van der Waals surface area contributed by atoms with Crippen molar-refractivity contribution in [3.05, 3.63) is 30.5 Å². The van der Waals surface area contributed by atoms with Gasteiger partial charge in [0.05, 0.1) is 17.2 Å². The number of carbonyl (C=O) groups excluding carboxylic acids is 1. The van der Waals surface area contributed by atoms with E-state index in [2.05, 4.69) is 9.97 Å². The second-order valence-corrected chi connectivity index (χ2v) is 5.17. The molecule has 5 nitrogen and oxygen atoms in total. The molecular weight excluding hydrogens is 254 g/mol. The molecule has 0 unspecified atom stereocenters. The highest BCUT2D eigenvalue weighted by atomic mass is 16.5. The van der Waals surface area contributed by atoms with Gasteiger partial charge in [0.2, 0.25) is 0 Å². The van der Waals surface area contributed by atoms with Gasteiger partial charge in [-0.15, -0.1) is 0 Å². The minimum atomic E-state index is -0.367. The molecule has 0 radical (unpaired) electrons. The van der Waals surface area contributed by atoms with Crippen LogP contribution in [0.5, 0.6) is 0 Å². The van der Waals surface area contributed by atoms with E-state index in [1.54, 1.807) is 13.2 Å². The van der Waals surface area contributed by atoms with E-state index in [0.717, 1.165) is 17.5 Å². The molecule has 104 valence electrons. The standard InChI is InChI=1S/C15H17N3O2/c1-10-7-8-20-14(10)15(19)18(2)13-9-16-11-5-3-4-6-12(11)17-13/h3-6,9-10,14H,7-8H2,1-2H3/t10-,14+/m1/s1. The Morgan fingerprint density at radius 2 is 2.10 bits per heavy atom. The molecule has 0 bridgehead atoms. The second kappa shape index (κ2) is 5.17. The SMILES string of the molecule is C[C@@H]1CCO[C@@H]1C(=O)N(C)c1cnc2ccccc2n1. The van der Waals surface area contributed by atoms with Gasteiger partial charge in [0.25, 0.3) is 5.91 Å². The van der Waals surface area contributed by atoms with Gasteiger partial charge in [-0.05, 0) is 24.5 Å². The molecule has 1 aliphatic heterocycles. The Bertz CT molecular complexity index is 644. The Hall–Kier alpha value is -2.01. The number of anilines is 1. The van der Waals surface area contributed by atoms with E-state index in [0.29, 0.717) is 12.4 Å². The Kier molecular flexibility index (Phi) is 3.36. The first-order chi connectivity index (χ1) is 9.66. The molecule has 1 aromatic carbocycles. The zero-order chi connectivity index (χ0) is 14.1. The van der Waals surface area contributed by atoms with Gasteiger partial charge < -0.3 is 4.74 Å². The van der Waals surface area contributed by atoms with Crippen LogP contribution in [0.15, 0.2) is 30.5 Å². The van der Waals surface area contributed by atoms with Crippen LogP contribution in [0, 0.1) is 5.92 Å². The molecule has 2 heterocycles. The fourth-order valence-corrected chi connectivity index (χ4v) is 2.42. The third-order valence-electron chi connectivity index (χ3n) is 3.74. The Morgan fingerprint density at radius 1 is 1.35 bits per heavy atom. The van der Waals surface area contributed by atoms with Crippen LogP contribution in [0.2, 0.25) is 0 Å². The summed E-state index contributed by atoms with van der Waals surface area (Å²) in [6.45, 7) is 2.68. The molecule has 1 saturated heterocycles. The fourth-order valence-electron chi connectivity index (χ4n) is 2.42. The zero-order valence-corrected chi connectivity index (χ0v) is 11.6. The highest BCUT2D eigenvalue weighted by Crippen LogP contribution is 2.23. The van der Waals surface area contributed by atoms with E-state index in [1.807, 2.05) is 31.2 Å². The van der Waals surface area contributed by atoms with Crippen LogP contribution in [-0.4, -0.2) is 35.6 Å². The third kappa shape index (κ3) is 2.25. The maximum Gasteiger partial charge on any atom is 0.257 e. The van der Waals surface area contributed by atoms with Gasteiger partial charge in [0.15, 0.2) is 5.82 Å². The average Bonchev–Trinajstić information content (AvgIpc) is 2.91. The number of para-hydroxylation sites is 2. The van der Waals surface area contributed by atoms with E-state index >= 15 is 0 Å². The van der Waals surface area contributed by atoms with Crippen molar-refractivity contribution in [3.8, 4) is 0 Å². The molecule has 20 heavy (non-hydrogen) atoms. The van der Waals surface area contributed by atoms with Gasteiger partial charge in [-0.3, -0.25) is 14.7 Å². The number of ether oxygens (including phenoxy) is 1. The lowest BCUT2D eigenvalue weighted by Crippen LogP contribution is -2.39. The number of likely N-dealkylation sites (N-methyl/N-ethyl adjacent to an activating group) is 1. The molecule has 1 fully saturated rings. The van der Waals surface area contributed by atoms with Crippen LogP contribution in [0.3, 0.4) is 0 Å². The van der Waals surface area contributed by atoms with E-state index in [4.69, 9.17) is 4.74 Å². The van der Waals surface area contributed by atoms with Crippen molar-refractivity contribution in [2.24, 2.45) is 5.92 Å². The van der Waals surface area contributed by atoms with Crippen LogP contribution in [-0.2, 0) is 9.53 Å². The van der Waals surface area contributed by atoms with E-state index in [1.165, 1.54) is 4.90 Å². The normalized spacial score (nSPS) is 22.1. The van der Waals surface area contributed by atoms with Crippen molar-refractivity contribution < 1.29 is 9.53 Å². The predicted molar refractivity (Wildman–Crippen MR) is 76.5 cm³/mol. The molecule has 0 N–H and O–H groups in total. The molecule has 3 rings (SSSR count). The molecule has 0 spiro atoms. The lowest BCUT2D eigenvalue weighted by Gasteiger charge is -2.21. The van der Waals surface area contributed by atoms with Crippen LogP contribution < -0.4 is 4.90 Å². The van der Waals surface area contributed by atoms with Gasteiger partial charge in [0.1, 0.15) is 6.10 Å². The van der Waals surface area contributed by atoms with Crippen LogP contribution in [0.4, 0.5) is 5.82 Å². The third-order valence-corrected chi connectivity index (χ3v) is 3.74. The molecule has 0 aliphatic carbocycles. The number of rotatable bonds is 2. The summed E-state index contributed by atoms with van der Waals surface area (Å²) in [6, 6.07) is 7.61. The Morgan fingerprint density at radius 3 is 2.80 bits per heavy atom. The molecule has 0 saturated carbocycles. The van der Waals surface area contributed by atoms with E-state index in [-0.39, 0.29) is 17.9 Å². The number of amides is 1. The van der Waals surface area contributed by atoms with Crippen molar-refractivity contribution in [2.45, 2.75) is 19.4 Å². The lowest BCUT2D eigenvalue weighted by atomic mass is 10.0. The Labute approximate surface area is 117 Å². The quantitative estimate of drug-likeness (QED) is 0.838. The zero-order valence-electron chi connectivity index (χ0n) is 11.6. The fraction of sp³-hybridized carbons (Fsp3) is 0.400. The summed E-state index contributed by atoms with van der Waals surface area (Å²) >= 11 is 0. The summed E-state index contributed by atoms with van der Waals surface area (Å²) in [7, 11) is 1.72. The number of hydrogen-bond donors (Lipinski definition) is 0. The molecule has 2 aromatic rings. The largest absolute Gasteiger partial charge is 0.368 e. The number of benzene rings is 1. The lowest BCUT2D eigenvalue weighted by molar-refractivity contribution is -0.128. The number of nitrogens with zero attached hydrogens (tertiary/aromatic N) is 3. The first kappa shape index (κ1) is 13.0. The van der Waals surface area contributed by atoms with Crippen LogP contribution in [0.1, 0.15) is 13.3 Å². The minimum Gasteiger partial charge on any atom is -0.368 e. The van der Waals surface area contributed by atoms with Crippen molar-refractivity contribution >= 4 is 22.8 Å². The van der Waals surface area contributed by atoms with Crippen LogP contribution >= 0.6 is 0 Å². The maximum atomic E-state index is 12.4. The van der Waals surface area contributed by atoms with E-state index < -0.39 is 0 Å². The summed E-state index contributed by atoms with van der Waals surface area (Å²) in [5, 5.41) is 0. The maximum absolute atomic E-state index is 12.4. The van der Waals surface area contributed by atoms with Crippen molar-refractivity contribution in [1.82, 2.24) is 9.97 Å². The molecule has 1 aliphatic rings. The monoisotopic (exact) mass is 271 g/mol. The summed E-state index contributed by atoms with van der Waals surface area (Å²) in [5.74, 6) is 0.745. The van der Waals surface area contributed by atoms with Gasteiger partial charge >= 0.3 is 0 Å². The number of fused-ring (bicyclic) bond motifs is 1. The first-order valence-corrected chi connectivity index (χ1v) is 6.78. The first-order valence-electron chi connectivity index (χ1n) is 6.78. The predicted octanol–water partition coefficient (Wildman–Crippen LogP) is 2.02. The summed E-state index contributed by atoms with van der Waals surface area (Å²) < 4.78 is 5.52. The smallest absolute Gasteiger partial charge is 0.257 e. The molecule has 1 aromatic heterocycles. The van der Waals surface area contributed by atoms with Gasteiger partial charge in [-0.2, -0.15) is 0 Å². The van der Waals surface area contributed by atoms with Gasteiger partial charge in [0, 0.05) is 13.7 Å². The number of carbonyl (C=O) groups is 1. The average molecular weight is 271 g/mol. The van der Waals surface area contributed by atoms with Crippen molar-refractivity contribution in [2.75, 3.05) is 18.6 Å². The Balaban J connectivity index is 1.88. The van der Waals surface area contributed by atoms with Gasteiger partial charge in [-0.25, -0.2) is 4.98 Å². The molecule has 5 heteroatoms. The summed E-state index contributed by atoms with van der Waals surface area (Å²) in [6.07, 6.45) is 2.18. The highest BCUT2D eigenvalue weighted by molar-refractivity contribution is 5.96. The highest BCUT2D eigenvalue weighted by Gasteiger charge is 2.33. The molecule has 1 amide bonds. The molecular formula is C15H17N3O2. The second-order valence-electron chi connectivity index (χ2n) is 5.17. The van der Waals surface area contributed by atoms with Crippen molar-refractivity contribution in [3.63, 3.8) is 0 Å². The van der Waals surface area contributed by atoms with Crippen LogP contribution in [0.25, 0.3) is 11.0 Å². The minimum absolute atomic E-state index is 0.0559. The summed E-state index contributed by atoms with van der Waals surface area (Å²) in [4.78, 5) is 22.8. The van der Waals surface area contributed by atoms with Crippen molar-refractivity contribution in [1.29, 1.82) is 0 Å². The number of aromatic nitrogens is 2. The van der Waals surface area contributed by atoms with E-state index in [9.17, 15) is 4.79 Å².